The van der Waals surface area contributed by atoms with Crippen LogP contribution in [0, 0.1) is 13.8 Å². The Labute approximate surface area is 139 Å². The molecule has 1 aromatic carbocycles. The van der Waals surface area contributed by atoms with Crippen LogP contribution in [-0.2, 0) is 13.0 Å². The van der Waals surface area contributed by atoms with Gasteiger partial charge in [0.15, 0.2) is 5.96 Å². The number of benzene rings is 1. The molecule has 0 aliphatic heterocycles. The van der Waals surface area contributed by atoms with E-state index in [2.05, 4.69) is 64.5 Å². The highest BCUT2D eigenvalue weighted by molar-refractivity contribution is 5.79. The van der Waals surface area contributed by atoms with Gasteiger partial charge in [0.2, 0.25) is 0 Å². The van der Waals surface area contributed by atoms with Crippen molar-refractivity contribution in [1.82, 2.24) is 15.2 Å². The first-order valence-corrected chi connectivity index (χ1v) is 7.97. The summed E-state index contributed by atoms with van der Waals surface area (Å²) in [5.74, 6) is 0.908. The highest BCUT2D eigenvalue weighted by Gasteiger charge is 2.06. The van der Waals surface area contributed by atoms with Gasteiger partial charge in [0.25, 0.3) is 0 Å². The molecule has 2 rings (SSSR count). The number of nitrogens with one attached hydrogen (secondary N) is 1. The maximum atomic E-state index is 4.36. The molecule has 1 heterocycles. The molecule has 122 valence electrons. The second-order valence-electron chi connectivity index (χ2n) is 5.87. The Morgan fingerprint density at radius 1 is 1.09 bits per heavy atom. The molecule has 0 atom stereocenters. The number of hydrogen-bond donors (Lipinski definition) is 1. The van der Waals surface area contributed by atoms with Crippen molar-refractivity contribution in [1.29, 1.82) is 0 Å². The Bertz CT molecular complexity index is 629. The predicted molar refractivity (Wildman–Crippen MR) is 96.7 cm³/mol. The van der Waals surface area contributed by atoms with E-state index in [4.69, 9.17) is 0 Å². The Morgan fingerprint density at radius 2 is 1.78 bits per heavy atom. The zero-order valence-electron chi connectivity index (χ0n) is 14.5. The van der Waals surface area contributed by atoms with Gasteiger partial charge in [-0.25, -0.2) is 0 Å². The van der Waals surface area contributed by atoms with Crippen LogP contribution in [0.15, 0.2) is 47.6 Å². The maximum absolute atomic E-state index is 4.36. The number of aromatic nitrogens is 1. The average Bonchev–Trinajstić information content (AvgIpc) is 2.55. The molecule has 4 heteroatoms. The molecule has 0 amide bonds. The Balaban J connectivity index is 1.84. The zero-order chi connectivity index (χ0) is 16.7. The smallest absolute Gasteiger partial charge is 0.193 e. The molecule has 0 unspecified atom stereocenters. The molecule has 0 aliphatic carbocycles. The van der Waals surface area contributed by atoms with E-state index >= 15 is 0 Å². The molecule has 0 fully saturated rings. The first-order chi connectivity index (χ1) is 11.1. The highest BCUT2D eigenvalue weighted by Crippen LogP contribution is 2.06. The highest BCUT2D eigenvalue weighted by atomic mass is 15.3. The Kier molecular flexibility index (Phi) is 6.15. The third kappa shape index (κ3) is 5.40. The number of guanidine groups is 1. The number of aliphatic imine (C=N–C) groups is 1. The monoisotopic (exact) mass is 310 g/mol. The van der Waals surface area contributed by atoms with Gasteiger partial charge in [-0.3, -0.25) is 9.98 Å². The molecule has 4 nitrogen and oxygen atoms in total. The number of hydrogen-bond acceptors (Lipinski definition) is 2. The first-order valence-electron chi connectivity index (χ1n) is 7.97. The molecule has 2 aromatic rings. The zero-order valence-corrected chi connectivity index (χ0v) is 14.5. The van der Waals surface area contributed by atoms with Crippen molar-refractivity contribution in [2.45, 2.75) is 26.8 Å². The van der Waals surface area contributed by atoms with Crippen LogP contribution in [-0.4, -0.2) is 36.5 Å². The minimum Gasteiger partial charge on any atom is -0.356 e. The van der Waals surface area contributed by atoms with Gasteiger partial charge in [-0.05, 0) is 37.5 Å². The van der Waals surface area contributed by atoms with Gasteiger partial charge in [0.05, 0.1) is 0 Å². The minimum absolute atomic E-state index is 0.839. The van der Waals surface area contributed by atoms with E-state index in [-0.39, 0.29) is 0 Å². The van der Waals surface area contributed by atoms with Crippen molar-refractivity contribution in [3.05, 3.63) is 65.0 Å². The standard InChI is InChI=1S/C19H26N4/c1-15-5-8-18(9-6-15)14-23(4)19(20-3)21-12-11-17-10-7-16(2)22-13-17/h5-10,13H,11-12,14H2,1-4H3,(H,20,21). The van der Waals surface area contributed by atoms with E-state index in [0.29, 0.717) is 0 Å². The van der Waals surface area contributed by atoms with Crippen molar-refractivity contribution in [2.24, 2.45) is 4.99 Å². The summed E-state index contributed by atoms with van der Waals surface area (Å²) in [5, 5.41) is 3.41. The van der Waals surface area contributed by atoms with Crippen LogP contribution < -0.4 is 5.32 Å². The normalized spacial score (nSPS) is 11.4. The lowest BCUT2D eigenvalue weighted by molar-refractivity contribution is 0.477. The van der Waals surface area contributed by atoms with Crippen molar-refractivity contribution in [3.8, 4) is 0 Å². The molecular formula is C19H26N4. The summed E-state index contributed by atoms with van der Waals surface area (Å²) >= 11 is 0. The van der Waals surface area contributed by atoms with Gasteiger partial charge in [-0.15, -0.1) is 0 Å². The summed E-state index contributed by atoms with van der Waals surface area (Å²) in [5.41, 5.74) is 4.85. The van der Waals surface area contributed by atoms with E-state index in [1.807, 2.05) is 26.2 Å². The number of pyridine rings is 1. The quantitative estimate of drug-likeness (QED) is 0.682. The van der Waals surface area contributed by atoms with Gasteiger partial charge in [-0.2, -0.15) is 0 Å². The Morgan fingerprint density at radius 3 is 2.39 bits per heavy atom. The van der Waals surface area contributed by atoms with Crippen LogP contribution in [0.3, 0.4) is 0 Å². The lowest BCUT2D eigenvalue weighted by Gasteiger charge is -2.22. The second kappa shape index (κ2) is 8.32. The summed E-state index contributed by atoms with van der Waals surface area (Å²) in [6.45, 7) is 5.79. The van der Waals surface area contributed by atoms with E-state index in [9.17, 15) is 0 Å². The van der Waals surface area contributed by atoms with Gasteiger partial charge < -0.3 is 10.2 Å². The number of aryl methyl sites for hydroxylation is 2. The van der Waals surface area contributed by atoms with Crippen molar-refractivity contribution in [2.75, 3.05) is 20.6 Å². The van der Waals surface area contributed by atoms with Crippen LogP contribution in [0.25, 0.3) is 0 Å². The van der Waals surface area contributed by atoms with Gasteiger partial charge in [0.1, 0.15) is 0 Å². The summed E-state index contributed by atoms with van der Waals surface area (Å²) in [6.07, 6.45) is 2.88. The van der Waals surface area contributed by atoms with Crippen LogP contribution in [0.4, 0.5) is 0 Å². The topological polar surface area (TPSA) is 40.5 Å². The Hall–Kier alpha value is -2.36. The maximum Gasteiger partial charge on any atom is 0.193 e. The van der Waals surface area contributed by atoms with Crippen LogP contribution >= 0.6 is 0 Å². The fraction of sp³-hybridized carbons (Fsp3) is 0.368. The molecule has 0 aliphatic rings. The second-order valence-corrected chi connectivity index (χ2v) is 5.87. The van der Waals surface area contributed by atoms with Crippen molar-refractivity contribution < 1.29 is 0 Å². The molecule has 23 heavy (non-hydrogen) atoms. The van der Waals surface area contributed by atoms with Gasteiger partial charge >= 0.3 is 0 Å². The van der Waals surface area contributed by atoms with Crippen molar-refractivity contribution >= 4 is 5.96 Å². The summed E-state index contributed by atoms with van der Waals surface area (Å²) in [7, 11) is 3.88. The molecule has 1 aromatic heterocycles. The average molecular weight is 310 g/mol. The lowest BCUT2D eigenvalue weighted by atomic mass is 10.1. The minimum atomic E-state index is 0.839. The lowest BCUT2D eigenvalue weighted by Crippen LogP contribution is -2.39. The van der Waals surface area contributed by atoms with E-state index < -0.39 is 0 Å². The fourth-order valence-electron chi connectivity index (χ4n) is 2.39. The summed E-state index contributed by atoms with van der Waals surface area (Å²) in [4.78, 5) is 10.8. The van der Waals surface area contributed by atoms with Crippen LogP contribution in [0.1, 0.15) is 22.4 Å². The number of nitrogens with zero attached hydrogens (tertiary/aromatic N) is 3. The molecule has 0 spiro atoms. The first kappa shape index (κ1) is 17.0. The molecule has 0 saturated carbocycles. The molecule has 0 radical (unpaired) electrons. The van der Waals surface area contributed by atoms with Crippen LogP contribution in [0.5, 0.6) is 0 Å². The van der Waals surface area contributed by atoms with E-state index in [0.717, 1.165) is 31.2 Å². The van der Waals surface area contributed by atoms with E-state index in [1.54, 1.807) is 0 Å². The largest absolute Gasteiger partial charge is 0.356 e. The van der Waals surface area contributed by atoms with Gasteiger partial charge in [0, 0.05) is 39.1 Å². The fourth-order valence-corrected chi connectivity index (χ4v) is 2.39. The third-order valence-electron chi connectivity index (χ3n) is 3.78. The summed E-state index contributed by atoms with van der Waals surface area (Å²) in [6, 6.07) is 12.8. The number of rotatable bonds is 5. The van der Waals surface area contributed by atoms with Crippen molar-refractivity contribution in [3.63, 3.8) is 0 Å². The van der Waals surface area contributed by atoms with Gasteiger partial charge in [-0.1, -0.05) is 35.9 Å². The third-order valence-corrected chi connectivity index (χ3v) is 3.78. The van der Waals surface area contributed by atoms with Crippen LogP contribution in [0.2, 0.25) is 0 Å². The van der Waals surface area contributed by atoms with E-state index in [1.165, 1.54) is 16.7 Å². The molecule has 1 N–H and O–H groups in total. The molecular weight excluding hydrogens is 284 g/mol. The SMILES string of the molecule is CN=C(NCCc1ccc(C)nc1)N(C)Cc1ccc(C)cc1. The predicted octanol–water partition coefficient (Wildman–Crippen LogP) is 2.95. The molecule has 0 saturated heterocycles. The summed E-state index contributed by atoms with van der Waals surface area (Å²) < 4.78 is 0. The molecule has 0 bridgehead atoms.